The third kappa shape index (κ3) is 3.58. The minimum Gasteiger partial charge on any atom is -0.497 e. The van der Waals surface area contributed by atoms with E-state index in [2.05, 4.69) is 15.3 Å². The molecule has 0 saturated heterocycles. The molecule has 6 nitrogen and oxygen atoms in total. The summed E-state index contributed by atoms with van der Waals surface area (Å²) in [5, 5.41) is 4.56. The van der Waals surface area contributed by atoms with Gasteiger partial charge in [-0.3, -0.25) is 14.6 Å². The van der Waals surface area contributed by atoms with Gasteiger partial charge in [0.15, 0.2) is 0 Å². The van der Waals surface area contributed by atoms with Gasteiger partial charge in [-0.1, -0.05) is 29.5 Å². The smallest absolute Gasteiger partial charge is 0.306 e. The maximum absolute atomic E-state index is 12.4. The van der Waals surface area contributed by atoms with E-state index in [9.17, 15) is 9.59 Å². The SMILES string of the molecule is COc1ccc2c(c1)=CC(=Cc1sc(=O)[nH]c1Nc1ccccc1)C(=O)N=2. The molecule has 0 aliphatic carbocycles. The van der Waals surface area contributed by atoms with Crippen LogP contribution in [0, 0.1) is 0 Å². The van der Waals surface area contributed by atoms with Gasteiger partial charge in [0.25, 0.3) is 5.91 Å². The number of benzene rings is 2. The van der Waals surface area contributed by atoms with Crippen LogP contribution in [0.1, 0.15) is 4.88 Å². The molecule has 1 amide bonds. The number of H-pyrrole nitrogens is 1. The van der Waals surface area contributed by atoms with Crippen LogP contribution in [0.4, 0.5) is 11.5 Å². The third-order valence-corrected chi connectivity index (χ3v) is 4.85. The number of ether oxygens (including phenoxy) is 1. The highest BCUT2D eigenvalue weighted by Crippen LogP contribution is 2.24. The Morgan fingerprint density at radius 1 is 1.15 bits per heavy atom. The summed E-state index contributed by atoms with van der Waals surface area (Å²) in [6.45, 7) is 0. The van der Waals surface area contributed by atoms with E-state index in [1.165, 1.54) is 0 Å². The van der Waals surface area contributed by atoms with Crippen molar-refractivity contribution in [2.24, 2.45) is 4.99 Å². The lowest BCUT2D eigenvalue weighted by Gasteiger charge is -2.07. The van der Waals surface area contributed by atoms with Crippen LogP contribution in [0.3, 0.4) is 0 Å². The molecule has 4 rings (SSSR count). The van der Waals surface area contributed by atoms with Gasteiger partial charge in [0.2, 0.25) is 0 Å². The maximum Gasteiger partial charge on any atom is 0.306 e. The second-order valence-corrected chi connectivity index (χ2v) is 6.85. The Labute approximate surface area is 158 Å². The predicted molar refractivity (Wildman–Crippen MR) is 106 cm³/mol. The predicted octanol–water partition coefficient (Wildman–Crippen LogP) is 2.21. The van der Waals surface area contributed by atoms with Crippen LogP contribution < -0.4 is 25.5 Å². The van der Waals surface area contributed by atoms with Crippen molar-refractivity contribution in [2.75, 3.05) is 12.4 Å². The molecule has 1 aromatic heterocycles. The zero-order chi connectivity index (χ0) is 18.8. The maximum atomic E-state index is 12.4. The zero-order valence-corrected chi connectivity index (χ0v) is 15.2. The highest BCUT2D eigenvalue weighted by atomic mass is 32.1. The van der Waals surface area contributed by atoms with Gasteiger partial charge >= 0.3 is 4.87 Å². The molecule has 3 aromatic rings. The number of para-hydroxylation sites is 1. The van der Waals surface area contributed by atoms with Crippen molar-refractivity contribution in [3.63, 3.8) is 0 Å². The summed E-state index contributed by atoms with van der Waals surface area (Å²) in [6, 6.07) is 14.8. The number of aromatic amines is 1. The number of aromatic nitrogens is 1. The van der Waals surface area contributed by atoms with E-state index in [4.69, 9.17) is 4.74 Å². The lowest BCUT2D eigenvalue weighted by molar-refractivity contribution is -0.114. The molecule has 2 heterocycles. The summed E-state index contributed by atoms with van der Waals surface area (Å²) >= 11 is 1.03. The Hall–Kier alpha value is -3.45. The molecule has 0 saturated carbocycles. The summed E-state index contributed by atoms with van der Waals surface area (Å²) in [4.78, 5) is 31.6. The second kappa shape index (κ2) is 7.05. The monoisotopic (exact) mass is 377 g/mol. The molecule has 0 atom stereocenters. The van der Waals surface area contributed by atoms with Crippen LogP contribution in [0.2, 0.25) is 0 Å². The number of carbonyl (C=O) groups excluding carboxylic acids is 1. The molecule has 0 fully saturated rings. The van der Waals surface area contributed by atoms with Gasteiger partial charge in [-0.05, 0) is 42.5 Å². The van der Waals surface area contributed by atoms with Crippen molar-refractivity contribution in [3.05, 3.63) is 79.2 Å². The number of thiazole rings is 1. The first-order valence-corrected chi connectivity index (χ1v) is 9.00. The number of amides is 1. The number of nitrogens with one attached hydrogen (secondary N) is 2. The largest absolute Gasteiger partial charge is 0.497 e. The number of fused-ring (bicyclic) bond motifs is 1. The van der Waals surface area contributed by atoms with Gasteiger partial charge in [-0.2, -0.15) is 0 Å². The van der Waals surface area contributed by atoms with Gasteiger partial charge in [0.05, 0.1) is 17.3 Å². The van der Waals surface area contributed by atoms with Gasteiger partial charge in [0.1, 0.15) is 11.6 Å². The topological polar surface area (TPSA) is 83.5 Å². The van der Waals surface area contributed by atoms with Crippen molar-refractivity contribution in [1.82, 2.24) is 4.98 Å². The third-order valence-electron chi connectivity index (χ3n) is 4.02. The Morgan fingerprint density at radius 3 is 2.74 bits per heavy atom. The van der Waals surface area contributed by atoms with E-state index in [1.54, 1.807) is 31.4 Å². The van der Waals surface area contributed by atoms with Crippen LogP contribution in [-0.2, 0) is 4.79 Å². The summed E-state index contributed by atoms with van der Waals surface area (Å²) in [5.74, 6) is 0.882. The quantitative estimate of drug-likeness (QED) is 0.683. The Balaban J connectivity index is 1.76. The van der Waals surface area contributed by atoms with Crippen LogP contribution in [-0.4, -0.2) is 18.0 Å². The number of hydrogen-bond acceptors (Lipinski definition) is 5. The first kappa shape index (κ1) is 17.0. The molecule has 0 unspecified atom stereocenters. The standard InChI is InChI=1S/C20H15N3O3S/c1-26-15-7-8-16-12(10-15)9-13(19(24)22-16)11-17-18(23-20(25)27-17)21-14-5-3-2-4-6-14/h2-11,21H,1H3,(H,23,25). The minimum atomic E-state index is -0.348. The van der Waals surface area contributed by atoms with Crippen LogP contribution >= 0.6 is 11.3 Å². The van der Waals surface area contributed by atoms with E-state index >= 15 is 0 Å². The van der Waals surface area contributed by atoms with Crippen LogP contribution in [0.25, 0.3) is 12.2 Å². The number of hydrogen-bond donors (Lipinski definition) is 2. The lowest BCUT2D eigenvalue weighted by Crippen LogP contribution is -2.30. The first-order valence-electron chi connectivity index (χ1n) is 8.18. The van der Waals surface area contributed by atoms with Crippen LogP contribution in [0.5, 0.6) is 5.75 Å². The fraction of sp³-hybridized carbons (Fsp3) is 0.0500. The molecule has 0 radical (unpaired) electrons. The van der Waals surface area contributed by atoms with Gasteiger partial charge < -0.3 is 10.1 Å². The fourth-order valence-electron chi connectivity index (χ4n) is 2.73. The van der Waals surface area contributed by atoms with Crippen molar-refractivity contribution >= 4 is 40.9 Å². The van der Waals surface area contributed by atoms with Gasteiger partial charge in [-0.25, -0.2) is 4.99 Å². The van der Waals surface area contributed by atoms with E-state index in [1.807, 2.05) is 36.4 Å². The lowest BCUT2D eigenvalue weighted by atomic mass is 10.1. The first-order chi connectivity index (χ1) is 13.1. The Kier molecular flexibility index (Phi) is 4.43. The van der Waals surface area contributed by atoms with Crippen LogP contribution in [0.15, 0.2) is 63.9 Å². The average Bonchev–Trinajstić information content (AvgIpc) is 3.01. The summed E-state index contributed by atoms with van der Waals surface area (Å²) < 4.78 is 5.23. The summed E-state index contributed by atoms with van der Waals surface area (Å²) in [5.41, 5.74) is 1.24. The highest BCUT2D eigenvalue weighted by molar-refractivity contribution is 7.10. The molecule has 2 aromatic carbocycles. The number of rotatable bonds is 4. The normalized spacial score (nSPS) is 14.3. The van der Waals surface area contributed by atoms with E-state index < -0.39 is 0 Å². The van der Waals surface area contributed by atoms with E-state index in [-0.39, 0.29) is 10.8 Å². The van der Waals surface area contributed by atoms with Gasteiger partial charge in [0, 0.05) is 16.5 Å². The molecule has 0 spiro atoms. The molecule has 7 heteroatoms. The molecule has 134 valence electrons. The molecular weight excluding hydrogens is 362 g/mol. The van der Waals surface area contributed by atoms with Crippen molar-refractivity contribution in [3.8, 4) is 5.75 Å². The second-order valence-electron chi connectivity index (χ2n) is 5.83. The number of methoxy groups -OCH3 is 1. The molecule has 0 bridgehead atoms. The Bertz CT molecular complexity index is 1220. The Morgan fingerprint density at radius 2 is 1.96 bits per heavy atom. The number of carbonyl (C=O) groups is 1. The zero-order valence-electron chi connectivity index (χ0n) is 14.4. The highest BCUT2D eigenvalue weighted by Gasteiger charge is 2.14. The summed E-state index contributed by atoms with van der Waals surface area (Å²) in [6.07, 6.45) is 3.42. The van der Waals surface area contributed by atoms with E-state index in [0.717, 1.165) is 22.2 Å². The van der Waals surface area contributed by atoms with Crippen molar-refractivity contribution in [1.29, 1.82) is 0 Å². The molecular formula is C20H15N3O3S. The van der Waals surface area contributed by atoms with Gasteiger partial charge in [-0.15, -0.1) is 0 Å². The average molecular weight is 377 g/mol. The van der Waals surface area contributed by atoms with Crippen molar-refractivity contribution in [2.45, 2.75) is 0 Å². The number of anilines is 2. The number of nitrogens with zero attached hydrogens (tertiary/aromatic N) is 1. The van der Waals surface area contributed by atoms with Crippen molar-refractivity contribution < 1.29 is 9.53 Å². The molecule has 2 N–H and O–H groups in total. The van der Waals surface area contributed by atoms with E-state index in [0.29, 0.717) is 27.4 Å². The summed E-state index contributed by atoms with van der Waals surface area (Å²) in [7, 11) is 1.59. The minimum absolute atomic E-state index is 0.206. The fourth-order valence-corrected chi connectivity index (χ4v) is 3.47. The molecule has 1 aliphatic rings. The molecule has 1 aliphatic heterocycles. The molecule has 27 heavy (non-hydrogen) atoms.